The lowest BCUT2D eigenvalue weighted by molar-refractivity contribution is 0.0706. The van der Waals surface area contributed by atoms with Gasteiger partial charge in [0.15, 0.2) is 5.78 Å². The topological polar surface area (TPSA) is 97.4 Å². The van der Waals surface area contributed by atoms with E-state index >= 15 is 0 Å². The Morgan fingerprint density at radius 2 is 1.24 bits per heavy atom. The van der Waals surface area contributed by atoms with Crippen LogP contribution in [0.15, 0.2) is 99.6 Å². The van der Waals surface area contributed by atoms with Crippen LogP contribution in [0.1, 0.15) is 24.2 Å². The number of Topliss-reactive ketones (excluding diaryl/α,β-unsaturated/α-hetero) is 1. The summed E-state index contributed by atoms with van der Waals surface area (Å²) in [4.78, 5) is 12.6. The summed E-state index contributed by atoms with van der Waals surface area (Å²) in [6.07, 6.45) is 0. The van der Waals surface area contributed by atoms with Crippen molar-refractivity contribution in [3.8, 4) is 0 Å². The van der Waals surface area contributed by atoms with E-state index < -0.39 is 43.8 Å². The van der Waals surface area contributed by atoms with E-state index in [1.54, 1.807) is 48.5 Å². The van der Waals surface area contributed by atoms with Gasteiger partial charge in [0.1, 0.15) is 5.67 Å². The molecule has 0 fully saturated rings. The molecule has 1 N–H and O–H groups in total. The quantitative estimate of drug-likeness (QED) is 0.458. The monoisotopic (exact) mass is 489 g/mol. The van der Waals surface area contributed by atoms with Gasteiger partial charge in [0, 0.05) is 12.1 Å². The number of carbonyl (C=O) groups excluding carboxylic acids is 1. The largest absolute Gasteiger partial charge is 0.294 e. The van der Waals surface area contributed by atoms with E-state index in [4.69, 9.17) is 0 Å². The van der Waals surface area contributed by atoms with Gasteiger partial charge in [0.05, 0.1) is 20.6 Å². The zero-order chi connectivity index (χ0) is 24.3. The van der Waals surface area contributed by atoms with Gasteiger partial charge in [-0.05, 0) is 50.2 Å². The van der Waals surface area contributed by atoms with Crippen LogP contribution in [0.3, 0.4) is 0 Å². The molecule has 0 aromatic heterocycles. The molecule has 0 aliphatic heterocycles. The molecule has 0 saturated carbocycles. The molecule has 0 aliphatic rings. The van der Waals surface area contributed by atoms with Crippen LogP contribution >= 0.6 is 0 Å². The highest BCUT2D eigenvalue weighted by atomic mass is 32.2. The third-order valence-corrected chi connectivity index (χ3v) is 8.40. The second kappa shape index (κ2) is 9.54. The summed E-state index contributed by atoms with van der Waals surface area (Å²) >= 11 is 0. The lowest BCUT2D eigenvalue weighted by Gasteiger charge is -2.26. The summed E-state index contributed by atoms with van der Waals surface area (Å²) in [6, 6.07) is 20.6. The smallest absolute Gasteiger partial charge is 0.240 e. The van der Waals surface area contributed by atoms with E-state index in [0.29, 0.717) is 0 Å². The van der Waals surface area contributed by atoms with Crippen molar-refractivity contribution in [2.24, 2.45) is 5.92 Å². The van der Waals surface area contributed by atoms with Crippen molar-refractivity contribution in [3.05, 3.63) is 90.5 Å². The first kappa shape index (κ1) is 24.8. The Bertz CT molecular complexity index is 1320. The maximum absolute atomic E-state index is 14.8. The van der Waals surface area contributed by atoms with E-state index in [1.165, 1.54) is 38.1 Å². The van der Waals surface area contributed by atoms with Crippen molar-refractivity contribution < 1.29 is 26.0 Å². The van der Waals surface area contributed by atoms with Gasteiger partial charge >= 0.3 is 0 Å². The Hall–Kier alpha value is -2.88. The standard InChI is InChI=1S/C24H24FNO5S2/c1-24(2,25)22(23(27)18-9-5-3-6-10-18)17-26-33(30,31)21-15-13-20(14-16-21)32(28,29)19-11-7-4-8-12-19/h3-16,22,26H,17H2,1-2H3. The van der Waals surface area contributed by atoms with Crippen LogP contribution in [-0.2, 0) is 19.9 Å². The summed E-state index contributed by atoms with van der Waals surface area (Å²) in [5.41, 5.74) is -1.70. The summed E-state index contributed by atoms with van der Waals surface area (Å²) in [6.45, 7) is 1.98. The number of ketones is 1. The van der Waals surface area contributed by atoms with Gasteiger partial charge in [-0.2, -0.15) is 0 Å². The Morgan fingerprint density at radius 1 is 0.788 bits per heavy atom. The molecular formula is C24H24FNO5S2. The highest BCUT2D eigenvalue weighted by Gasteiger charge is 2.36. The predicted octanol–water partition coefficient (Wildman–Crippen LogP) is 4.04. The van der Waals surface area contributed by atoms with Crippen LogP contribution in [0.4, 0.5) is 4.39 Å². The highest BCUT2D eigenvalue weighted by molar-refractivity contribution is 7.91. The van der Waals surface area contributed by atoms with E-state index in [-0.39, 0.29) is 20.2 Å². The molecule has 9 heteroatoms. The van der Waals surface area contributed by atoms with Gasteiger partial charge in [0.25, 0.3) is 0 Å². The number of alkyl halides is 1. The molecule has 0 heterocycles. The van der Waals surface area contributed by atoms with Gasteiger partial charge in [-0.3, -0.25) is 4.79 Å². The van der Waals surface area contributed by atoms with Crippen LogP contribution < -0.4 is 4.72 Å². The summed E-state index contributed by atoms with van der Waals surface area (Å²) in [5.74, 6) is -1.78. The first-order valence-corrected chi connectivity index (χ1v) is 13.1. The molecule has 0 spiro atoms. The zero-order valence-corrected chi connectivity index (χ0v) is 19.7. The van der Waals surface area contributed by atoms with Crippen LogP contribution in [0, 0.1) is 5.92 Å². The maximum Gasteiger partial charge on any atom is 0.240 e. The number of halogens is 1. The van der Waals surface area contributed by atoms with Crippen LogP contribution in [-0.4, -0.2) is 34.8 Å². The van der Waals surface area contributed by atoms with Crippen molar-refractivity contribution >= 4 is 25.6 Å². The predicted molar refractivity (Wildman–Crippen MR) is 123 cm³/mol. The molecule has 0 radical (unpaired) electrons. The summed E-state index contributed by atoms with van der Waals surface area (Å²) < 4.78 is 68.0. The zero-order valence-electron chi connectivity index (χ0n) is 18.1. The average molecular weight is 490 g/mol. The van der Waals surface area contributed by atoms with Crippen molar-refractivity contribution in [1.29, 1.82) is 0 Å². The number of hydrogen-bond donors (Lipinski definition) is 1. The Balaban J connectivity index is 1.80. The minimum absolute atomic E-state index is 0.0605. The molecule has 0 saturated heterocycles. The van der Waals surface area contributed by atoms with E-state index in [0.717, 1.165) is 12.1 Å². The molecule has 0 bridgehead atoms. The number of rotatable bonds is 9. The van der Waals surface area contributed by atoms with Gasteiger partial charge < -0.3 is 0 Å². The number of carbonyl (C=O) groups is 1. The fraction of sp³-hybridized carbons (Fsp3) is 0.208. The van der Waals surface area contributed by atoms with E-state index in [2.05, 4.69) is 4.72 Å². The molecule has 174 valence electrons. The first-order valence-electron chi connectivity index (χ1n) is 10.1. The van der Waals surface area contributed by atoms with E-state index in [9.17, 15) is 26.0 Å². The highest BCUT2D eigenvalue weighted by Crippen LogP contribution is 2.26. The molecule has 3 aromatic carbocycles. The van der Waals surface area contributed by atoms with Crippen LogP contribution in [0.25, 0.3) is 0 Å². The van der Waals surface area contributed by atoms with E-state index in [1.807, 2.05) is 0 Å². The number of sulfone groups is 1. The number of nitrogens with one attached hydrogen (secondary N) is 1. The van der Waals surface area contributed by atoms with Crippen molar-refractivity contribution in [2.75, 3.05) is 6.54 Å². The summed E-state index contributed by atoms with van der Waals surface area (Å²) in [5, 5.41) is 0. The second-order valence-corrected chi connectivity index (χ2v) is 11.7. The molecule has 6 nitrogen and oxygen atoms in total. The molecule has 0 aliphatic carbocycles. The van der Waals surface area contributed by atoms with Crippen LogP contribution in [0.2, 0.25) is 0 Å². The lowest BCUT2D eigenvalue weighted by Crippen LogP contribution is -2.42. The molecule has 3 aromatic rings. The molecule has 1 atom stereocenters. The Kier molecular flexibility index (Phi) is 7.16. The lowest BCUT2D eigenvalue weighted by atomic mass is 9.86. The second-order valence-electron chi connectivity index (χ2n) is 7.99. The van der Waals surface area contributed by atoms with Crippen molar-refractivity contribution in [2.45, 2.75) is 34.2 Å². The molecular weight excluding hydrogens is 465 g/mol. The molecule has 3 rings (SSSR count). The molecule has 0 amide bonds. The SMILES string of the molecule is CC(C)(F)C(CNS(=O)(=O)c1ccc(S(=O)(=O)c2ccccc2)cc1)C(=O)c1ccccc1. The van der Waals surface area contributed by atoms with Crippen molar-refractivity contribution in [1.82, 2.24) is 4.72 Å². The van der Waals surface area contributed by atoms with Gasteiger partial charge in [-0.25, -0.2) is 25.9 Å². The molecule has 1 unspecified atom stereocenters. The van der Waals surface area contributed by atoms with Gasteiger partial charge in [0.2, 0.25) is 19.9 Å². The Morgan fingerprint density at radius 3 is 1.76 bits per heavy atom. The number of sulfonamides is 1. The van der Waals surface area contributed by atoms with Crippen molar-refractivity contribution in [3.63, 3.8) is 0 Å². The van der Waals surface area contributed by atoms with Gasteiger partial charge in [-0.1, -0.05) is 48.5 Å². The third-order valence-electron chi connectivity index (χ3n) is 5.18. The Labute approximate surface area is 193 Å². The maximum atomic E-state index is 14.8. The minimum Gasteiger partial charge on any atom is -0.294 e. The molecule has 33 heavy (non-hydrogen) atoms. The fourth-order valence-electron chi connectivity index (χ4n) is 3.26. The third kappa shape index (κ3) is 5.73. The first-order chi connectivity index (χ1) is 15.4. The normalized spacial score (nSPS) is 13.4. The fourth-order valence-corrected chi connectivity index (χ4v) is 5.59. The summed E-state index contributed by atoms with van der Waals surface area (Å²) in [7, 11) is -7.92. The minimum atomic E-state index is -4.12. The number of hydrogen-bond acceptors (Lipinski definition) is 5. The van der Waals surface area contributed by atoms with Crippen LogP contribution in [0.5, 0.6) is 0 Å². The average Bonchev–Trinajstić information content (AvgIpc) is 2.79. The number of benzene rings is 3. The van der Waals surface area contributed by atoms with Gasteiger partial charge in [-0.15, -0.1) is 0 Å².